The number of sulfone groups is 1. The second-order valence-electron chi connectivity index (χ2n) is 1.78. The van der Waals surface area contributed by atoms with E-state index in [-0.39, 0.29) is 0 Å². The predicted molar refractivity (Wildman–Crippen MR) is 35.2 cm³/mol. The summed E-state index contributed by atoms with van der Waals surface area (Å²) in [4.78, 5) is 10.2. The maximum Gasteiger partial charge on any atom is 0.239 e. The smallest absolute Gasteiger partial charge is 0.239 e. The summed E-state index contributed by atoms with van der Waals surface area (Å²) in [7, 11) is -3.28. The van der Waals surface area contributed by atoms with Gasteiger partial charge in [0.15, 0.2) is 9.84 Å². The fourth-order valence-corrected chi connectivity index (χ4v) is 0.990. The molecule has 0 radical (unpaired) electrons. The van der Waals surface area contributed by atoms with Crippen LogP contribution >= 0.6 is 11.6 Å². The first-order valence-electron chi connectivity index (χ1n) is 2.24. The predicted octanol–water partition coefficient (Wildman–Crippen LogP) is 0.185. The van der Waals surface area contributed by atoms with Crippen LogP contribution < -0.4 is 0 Å². The van der Waals surface area contributed by atoms with Crippen molar-refractivity contribution in [2.45, 2.75) is 12.2 Å². The van der Waals surface area contributed by atoms with Crippen molar-refractivity contribution in [3.8, 4) is 0 Å². The van der Waals surface area contributed by atoms with Crippen molar-refractivity contribution in [3.63, 3.8) is 0 Å². The van der Waals surface area contributed by atoms with E-state index in [2.05, 4.69) is 0 Å². The number of carbonyl (C=O) groups excluding carboxylic acids is 1. The van der Waals surface area contributed by atoms with Gasteiger partial charge in [-0.05, 0) is 18.5 Å². The van der Waals surface area contributed by atoms with E-state index in [4.69, 9.17) is 11.6 Å². The zero-order chi connectivity index (χ0) is 7.65. The normalized spacial score (nSPS) is 15.0. The molecule has 0 saturated heterocycles. The summed E-state index contributed by atoms with van der Waals surface area (Å²) in [5.74, 6) is 0. The first-order valence-corrected chi connectivity index (χ1v) is 4.57. The van der Waals surface area contributed by atoms with Crippen LogP contribution in [0.2, 0.25) is 0 Å². The molecule has 0 rings (SSSR count). The molecule has 0 amide bonds. The molecule has 0 fully saturated rings. The van der Waals surface area contributed by atoms with Crippen LogP contribution in [0.4, 0.5) is 0 Å². The topological polar surface area (TPSA) is 51.2 Å². The molecule has 0 N–H and O–H groups in total. The molecule has 0 aromatic carbocycles. The van der Waals surface area contributed by atoms with Crippen LogP contribution in [0.1, 0.15) is 6.92 Å². The molecular formula is C4H7ClO3S. The maximum absolute atomic E-state index is 10.5. The van der Waals surface area contributed by atoms with Gasteiger partial charge in [0, 0.05) is 6.26 Å². The van der Waals surface area contributed by atoms with Crippen molar-refractivity contribution in [3.05, 3.63) is 0 Å². The van der Waals surface area contributed by atoms with Crippen molar-refractivity contribution in [1.29, 1.82) is 0 Å². The molecular weight excluding hydrogens is 164 g/mol. The van der Waals surface area contributed by atoms with E-state index in [0.717, 1.165) is 6.26 Å². The van der Waals surface area contributed by atoms with Gasteiger partial charge in [-0.25, -0.2) is 8.42 Å². The highest BCUT2D eigenvalue weighted by molar-refractivity contribution is 7.92. The van der Waals surface area contributed by atoms with Gasteiger partial charge in [0.1, 0.15) is 5.25 Å². The molecule has 9 heavy (non-hydrogen) atoms. The van der Waals surface area contributed by atoms with Gasteiger partial charge in [-0.1, -0.05) is 0 Å². The summed E-state index contributed by atoms with van der Waals surface area (Å²) in [5, 5.41) is -1.92. The van der Waals surface area contributed by atoms with E-state index in [1.807, 2.05) is 0 Å². The van der Waals surface area contributed by atoms with Gasteiger partial charge in [-0.2, -0.15) is 0 Å². The molecule has 1 atom stereocenters. The number of hydrogen-bond acceptors (Lipinski definition) is 3. The van der Waals surface area contributed by atoms with Crippen molar-refractivity contribution in [2.75, 3.05) is 6.26 Å². The third-order valence-corrected chi connectivity index (χ3v) is 2.92. The van der Waals surface area contributed by atoms with E-state index >= 15 is 0 Å². The van der Waals surface area contributed by atoms with Gasteiger partial charge in [-0.15, -0.1) is 0 Å². The van der Waals surface area contributed by atoms with Crippen LogP contribution in [0.5, 0.6) is 0 Å². The highest BCUT2D eigenvalue weighted by Crippen LogP contribution is 2.01. The Hall–Kier alpha value is -0.0900. The summed E-state index contributed by atoms with van der Waals surface area (Å²) in [6, 6.07) is 0. The summed E-state index contributed by atoms with van der Waals surface area (Å²) in [6.07, 6.45) is 0.970. The molecule has 0 bridgehead atoms. The van der Waals surface area contributed by atoms with Crippen LogP contribution in [0.25, 0.3) is 0 Å². The van der Waals surface area contributed by atoms with Gasteiger partial charge in [-0.3, -0.25) is 4.79 Å². The fourth-order valence-electron chi connectivity index (χ4n) is 0.168. The van der Waals surface area contributed by atoms with Crippen LogP contribution in [-0.2, 0) is 14.6 Å². The second kappa shape index (κ2) is 2.66. The molecule has 0 aromatic rings. The van der Waals surface area contributed by atoms with Crippen LogP contribution in [0.3, 0.4) is 0 Å². The minimum Gasteiger partial charge on any atom is -0.280 e. The minimum absolute atomic E-state index is 0.836. The van der Waals surface area contributed by atoms with E-state index in [1.54, 1.807) is 0 Å². The zero-order valence-electron chi connectivity index (χ0n) is 5.09. The Morgan fingerprint density at radius 1 is 1.56 bits per heavy atom. The van der Waals surface area contributed by atoms with E-state index in [0.29, 0.717) is 0 Å². The number of carbonyl (C=O) groups is 1. The maximum atomic E-state index is 10.5. The summed E-state index contributed by atoms with van der Waals surface area (Å²) < 4.78 is 20.9. The average molecular weight is 171 g/mol. The van der Waals surface area contributed by atoms with Crippen molar-refractivity contribution < 1.29 is 13.2 Å². The Bertz CT molecular complexity index is 206. The molecule has 0 saturated carbocycles. The zero-order valence-corrected chi connectivity index (χ0v) is 6.66. The number of hydrogen-bond donors (Lipinski definition) is 0. The number of rotatable bonds is 2. The highest BCUT2D eigenvalue weighted by atomic mass is 35.5. The Morgan fingerprint density at radius 2 is 1.89 bits per heavy atom. The highest BCUT2D eigenvalue weighted by Gasteiger charge is 2.20. The molecule has 0 spiro atoms. The molecule has 0 aliphatic heterocycles. The molecule has 5 heteroatoms. The van der Waals surface area contributed by atoms with E-state index in [9.17, 15) is 13.2 Å². The first kappa shape index (κ1) is 8.91. The number of halogens is 1. The minimum atomic E-state index is -3.28. The average Bonchev–Trinajstić information content (AvgIpc) is 1.62. The van der Waals surface area contributed by atoms with Crippen LogP contribution in [-0.4, -0.2) is 25.2 Å². The van der Waals surface area contributed by atoms with Crippen LogP contribution in [0.15, 0.2) is 0 Å². The van der Waals surface area contributed by atoms with E-state index in [1.165, 1.54) is 6.92 Å². The summed E-state index contributed by atoms with van der Waals surface area (Å²) in [5.41, 5.74) is 0. The molecule has 0 aliphatic rings. The van der Waals surface area contributed by atoms with Gasteiger partial charge in [0.05, 0.1) is 0 Å². The largest absolute Gasteiger partial charge is 0.280 e. The van der Waals surface area contributed by atoms with Gasteiger partial charge in [0.2, 0.25) is 5.24 Å². The molecule has 3 nitrogen and oxygen atoms in total. The standard InChI is InChI=1S/C4H7ClO3S/c1-3(4(5)6)9(2,7)8/h3H,1-2H3. The van der Waals surface area contributed by atoms with E-state index < -0.39 is 20.3 Å². The SMILES string of the molecule is CC(C(=O)Cl)S(C)(=O)=O. The van der Waals surface area contributed by atoms with Crippen molar-refractivity contribution in [2.24, 2.45) is 0 Å². The molecule has 0 aromatic heterocycles. The van der Waals surface area contributed by atoms with Crippen molar-refractivity contribution in [1.82, 2.24) is 0 Å². The lowest BCUT2D eigenvalue weighted by molar-refractivity contribution is -0.111. The summed E-state index contributed by atoms with van der Waals surface area (Å²) >= 11 is 4.89. The second-order valence-corrected chi connectivity index (χ2v) is 4.51. The lowest BCUT2D eigenvalue weighted by atomic mass is 10.5. The molecule has 0 heterocycles. The Labute approximate surface area is 58.9 Å². The van der Waals surface area contributed by atoms with Gasteiger partial charge < -0.3 is 0 Å². The quantitative estimate of drug-likeness (QED) is 0.556. The van der Waals surface area contributed by atoms with Crippen LogP contribution in [0, 0.1) is 0 Å². The monoisotopic (exact) mass is 170 g/mol. The summed E-state index contributed by atoms with van der Waals surface area (Å²) in [6.45, 7) is 1.25. The lowest BCUT2D eigenvalue weighted by Crippen LogP contribution is -2.21. The third kappa shape index (κ3) is 2.81. The van der Waals surface area contributed by atoms with Gasteiger partial charge >= 0.3 is 0 Å². The molecule has 54 valence electrons. The third-order valence-electron chi connectivity index (χ3n) is 0.962. The Morgan fingerprint density at radius 3 is 1.89 bits per heavy atom. The fraction of sp³-hybridized carbons (Fsp3) is 0.750. The Kier molecular flexibility index (Phi) is 2.64. The van der Waals surface area contributed by atoms with Crippen molar-refractivity contribution >= 4 is 26.7 Å². The molecule has 1 unspecified atom stereocenters. The lowest BCUT2D eigenvalue weighted by Gasteiger charge is -1.99. The first-order chi connectivity index (χ1) is 3.85. The van der Waals surface area contributed by atoms with Gasteiger partial charge in [0.25, 0.3) is 0 Å². The molecule has 0 aliphatic carbocycles. The Balaban J connectivity index is 4.43.